The molecule has 0 heterocycles. The van der Waals surface area contributed by atoms with Gasteiger partial charge in [0, 0.05) is 58.9 Å². The minimum atomic E-state index is -1.07. The van der Waals surface area contributed by atoms with Crippen molar-refractivity contribution in [3.8, 4) is 0 Å². The number of amides is 7. The van der Waals surface area contributed by atoms with Gasteiger partial charge in [0.25, 0.3) is 0 Å². The average molecular weight is 915 g/mol. The second-order valence-corrected chi connectivity index (χ2v) is 17.2. The highest BCUT2D eigenvalue weighted by Crippen LogP contribution is 2.09. The molecular weight excluding hydrogens is 829 g/mol. The zero-order valence-electron chi connectivity index (χ0n) is 41.0. The van der Waals surface area contributed by atoms with Crippen molar-refractivity contribution in [2.24, 2.45) is 0 Å². The van der Waals surface area contributed by atoms with Crippen LogP contribution in [-0.2, 0) is 33.6 Å². The van der Waals surface area contributed by atoms with Crippen LogP contribution < -0.4 is 0 Å². The van der Waals surface area contributed by atoms with Gasteiger partial charge in [-0.15, -0.1) is 0 Å². The highest BCUT2D eigenvalue weighted by atomic mass is 16.3. The van der Waals surface area contributed by atoms with Crippen LogP contribution >= 0.6 is 0 Å². The molecular formula is C45H86N8O11. The fourth-order valence-electron chi connectivity index (χ4n) is 6.88. The Bertz CT molecular complexity index is 1400. The summed E-state index contributed by atoms with van der Waals surface area (Å²) in [6.45, 7) is 14.3. The summed E-state index contributed by atoms with van der Waals surface area (Å²) in [4.78, 5) is 107. The zero-order valence-corrected chi connectivity index (χ0v) is 41.0. The number of nitrogens with zero attached hydrogens (tertiary/aromatic N) is 8. The molecule has 64 heavy (non-hydrogen) atoms. The van der Waals surface area contributed by atoms with E-state index in [1.807, 2.05) is 34.6 Å². The third-order valence-electron chi connectivity index (χ3n) is 10.4. The number of aliphatic hydroxyl groups is 4. The normalized spacial score (nSPS) is 13.1. The Hall–Kier alpha value is -3.91. The molecule has 4 atom stereocenters. The molecule has 0 aliphatic heterocycles. The quantitative estimate of drug-likeness (QED) is 0.0681. The van der Waals surface area contributed by atoms with E-state index in [1.54, 1.807) is 23.8 Å². The van der Waals surface area contributed by atoms with E-state index in [2.05, 4.69) is 0 Å². The van der Waals surface area contributed by atoms with Crippen molar-refractivity contribution in [3.05, 3.63) is 0 Å². The number of rotatable bonds is 35. The van der Waals surface area contributed by atoms with E-state index >= 15 is 0 Å². The van der Waals surface area contributed by atoms with Crippen molar-refractivity contribution in [3.63, 3.8) is 0 Å². The average Bonchev–Trinajstić information content (AvgIpc) is 3.20. The SMILES string of the molecule is CCCCN(CC)C(=O)CN(CCCC)C(=O)CN(CC(C)O)C(=O)CN(CC(C)O)C(=O)CN(CCCC)C(=O)CN(CCCC)C(=O)CN(CC(C)O)C(=O)CN(C)CC(C)O. The predicted octanol–water partition coefficient (Wildman–Crippen LogP) is 0.462. The maximum Gasteiger partial charge on any atom is 0.242 e. The van der Waals surface area contributed by atoms with E-state index in [0.717, 1.165) is 29.1 Å². The molecule has 372 valence electrons. The van der Waals surface area contributed by atoms with Gasteiger partial charge in [0.2, 0.25) is 41.4 Å². The highest BCUT2D eigenvalue weighted by Gasteiger charge is 2.31. The molecule has 0 rings (SSSR count). The lowest BCUT2D eigenvalue weighted by molar-refractivity contribution is -0.149. The lowest BCUT2D eigenvalue weighted by atomic mass is 10.2. The van der Waals surface area contributed by atoms with Crippen LogP contribution in [0.2, 0.25) is 0 Å². The van der Waals surface area contributed by atoms with Gasteiger partial charge < -0.3 is 54.7 Å². The molecule has 0 aromatic heterocycles. The number of likely N-dealkylation sites (N-methyl/N-ethyl adjacent to an activating group) is 2. The second kappa shape index (κ2) is 33.6. The Labute approximate surface area is 383 Å². The molecule has 19 nitrogen and oxygen atoms in total. The lowest BCUT2D eigenvalue weighted by Crippen LogP contribution is -2.54. The highest BCUT2D eigenvalue weighted by molar-refractivity contribution is 5.93. The van der Waals surface area contributed by atoms with Gasteiger partial charge in [-0.25, -0.2) is 0 Å². The maximum atomic E-state index is 14.1. The first-order chi connectivity index (χ1) is 30.1. The maximum absolute atomic E-state index is 14.1. The molecule has 0 saturated carbocycles. The summed E-state index contributed by atoms with van der Waals surface area (Å²) < 4.78 is 0. The third kappa shape index (κ3) is 25.5. The van der Waals surface area contributed by atoms with Gasteiger partial charge in [-0.3, -0.25) is 38.5 Å². The smallest absolute Gasteiger partial charge is 0.242 e. The minimum Gasteiger partial charge on any atom is -0.392 e. The predicted molar refractivity (Wildman–Crippen MR) is 246 cm³/mol. The van der Waals surface area contributed by atoms with Crippen LogP contribution in [-0.4, -0.2) is 237 Å². The third-order valence-corrected chi connectivity index (χ3v) is 10.4. The van der Waals surface area contributed by atoms with Crippen molar-refractivity contribution in [2.75, 3.05) is 112 Å². The summed E-state index contributed by atoms with van der Waals surface area (Å²) in [5.41, 5.74) is 0. The number of hydrogen-bond donors (Lipinski definition) is 4. The fourth-order valence-corrected chi connectivity index (χ4v) is 6.88. The zero-order chi connectivity index (χ0) is 48.9. The van der Waals surface area contributed by atoms with Crippen molar-refractivity contribution >= 4 is 41.4 Å². The first-order valence-electron chi connectivity index (χ1n) is 23.5. The Morgan fingerprint density at radius 1 is 0.344 bits per heavy atom. The van der Waals surface area contributed by atoms with Gasteiger partial charge >= 0.3 is 0 Å². The summed E-state index contributed by atoms with van der Waals surface area (Å²) in [6, 6.07) is 0. The molecule has 0 aromatic rings. The van der Waals surface area contributed by atoms with Crippen molar-refractivity contribution < 1.29 is 54.0 Å². The summed E-state index contributed by atoms with van der Waals surface area (Å²) in [5, 5.41) is 40.7. The summed E-state index contributed by atoms with van der Waals surface area (Å²) in [7, 11) is 1.65. The number of carbonyl (C=O) groups excluding carboxylic acids is 7. The van der Waals surface area contributed by atoms with Gasteiger partial charge in [-0.2, -0.15) is 0 Å². The Balaban J connectivity index is 6.42. The number of unbranched alkanes of at least 4 members (excludes halogenated alkanes) is 4. The standard InChI is InChI=1S/C45H86N8O11/c1-11-16-20-47(15-5)40(59)29-48(21-17-12-2)43(62)33-52(26-37(8)56)45(64)34-53(27-38(9)57)44(63)31-50(23-19-14-4)41(60)30-49(22-18-13-3)42(61)32-51(25-36(7)55)39(58)28-46(10)24-35(6)54/h35-38,54-57H,11-34H2,1-10H3. The van der Waals surface area contributed by atoms with Gasteiger partial charge in [-0.05, 0) is 67.3 Å². The lowest BCUT2D eigenvalue weighted by Gasteiger charge is -2.33. The van der Waals surface area contributed by atoms with Crippen LogP contribution in [0.4, 0.5) is 0 Å². The Kier molecular flexibility index (Phi) is 31.5. The van der Waals surface area contributed by atoms with Crippen LogP contribution in [0.5, 0.6) is 0 Å². The van der Waals surface area contributed by atoms with Gasteiger partial charge in [0.1, 0.15) is 0 Å². The molecule has 19 heteroatoms. The second-order valence-electron chi connectivity index (χ2n) is 17.2. The molecule has 0 aromatic carbocycles. The van der Waals surface area contributed by atoms with Crippen molar-refractivity contribution in [1.29, 1.82) is 0 Å². The first kappa shape index (κ1) is 60.1. The van der Waals surface area contributed by atoms with Crippen LogP contribution in [0.15, 0.2) is 0 Å². The van der Waals surface area contributed by atoms with Crippen LogP contribution in [0.3, 0.4) is 0 Å². The van der Waals surface area contributed by atoms with Crippen molar-refractivity contribution in [1.82, 2.24) is 39.2 Å². The minimum absolute atomic E-state index is 0.111. The molecule has 0 radical (unpaired) electrons. The Morgan fingerprint density at radius 3 is 0.812 bits per heavy atom. The molecule has 0 fully saturated rings. The molecule has 0 aliphatic carbocycles. The van der Waals surface area contributed by atoms with Crippen LogP contribution in [0.1, 0.15) is 114 Å². The Morgan fingerprint density at radius 2 is 0.562 bits per heavy atom. The van der Waals surface area contributed by atoms with E-state index in [0.29, 0.717) is 51.7 Å². The molecule has 4 N–H and O–H groups in total. The number of hydrogen-bond acceptors (Lipinski definition) is 12. The summed E-state index contributed by atoms with van der Waals surface area (Å²) in [5.74, 6) is -3.55. The summed E-state index contributed by atoms with van der Waals surface area (Å²) in [6.07, 6.45) is 1.80. The molecule has 7 amide bonds. The van der Waals surface area contributed by atoms with E-state index in [4.69, 9.17) is 0 Å². The first-order valence-corrected chi connectivity index (χ1v) is 23.5. The summed E-state index contributed by atoms with van der Waals surface area (Å²) >= 11 is 0. The molecule has 0 saturated heterocycles. The number of carbonyl (C=O) groups is 7. The van der Waals surface area contributed by atoms with Gasteiger partial charge in [0.05, 0.1) is 70.2 Å². The molecule has 4 unspecified atom stereocenters. The largest absolute Gasteiger partial charge is 0.392 e. The fraction of sp³-hybridized carbons (Fsp3) is 0.844. The van der Waals surface area contributed by atoms with Gasteiger partial charge in [-0.1, -0.05) is 53.4 Å². The number of aliphatic hydroxyl groups excluding tert-OH is 4. The van der Waals surface area contributed by atoms with Gasteiger partial charge in [0.15, 0.2) is 0 Å². The van der Waals surface area contributed by atoms with E-state index < -0.39 is 92.6 Å². The van der Waals surface area contributed by atoms with E-state index in [-0.39, 0.29) is 58.3 Å². The monoisotopic (exact) mass is 915 g/mol. The molecule has 0 aliphatic rings. The van der Waals surface area contributed by atoms with Crippen LogP contribution in [0.25, 0.3) is 0 Å². The van der Waals surface area contributed by atoms with E-state index in [9.17, 15) is 54.0 Å². The molecule has 0 bridgehead atoms. The van der Waals surface area contributed by atoms with E-state index in [1.165, 1.54) is 40.4 Å². The topological polar surface area (TPSA) is 226 Å². The van der Waals surface area contributed by atoms with Crippen LogP contribution in [0, 0.1) is 0 Å². The molecule has 0 spiro atoms. The van der Waals surface area contributed by atoms with Crippen molar-refractivity contribution in [2.45, 2.75) is 138 Å².